The van der Waals surface area contributed by atoms with Crippen molar-refractivity contribution in [3.05, 3.63) is 42.4 Å². The van der Waals surface area contributed by atoms with Crippen LogP contribution in [0.2, 0.25) is 0 Å². The average Bonchev–Trinajstić information content (AvgIpc) is 2.66. The minimum atomic E-state index is 0.884. The molecule has 4 heteroatoms. The van der Waals surface area contributed by atoms with Gasteiger partial charge in [-0.15, -0.1) is 0 Å². The van der Waals surface area contributed by atoms with E-state index in [9.17, 15) is 0 Å². The van der Waals surface area contributed by atoms with Gasteiger partial charge in [0.15, 0.2) is 0 Å². The third-order valence-corrected chi connectivity index (χ3v) is 2.85. The van der Waals surface area contributed by atoms with E-state index < -0.39 is 0 Å². The van der Waals surface area contributed by atoms with Crippen LogP contribution in [0.25, 0.3) is 22.3 Å². The van der Waals surface area contributed by atoms with Crippen molar-refractivity contribution in [2.75, 3.05) is 0 Å². The first kappa shape index (κ1) is 9.96. The molecule has 0 bridgehead atoms. The number of aromatic nitrogens is 4. The maximum Gasteiger partial charge on any atom is 0.0894 e. The number of pyridine rings is 2. The second kappa shape index (κ2) is 3.66. The molecule has 0 N–H and O–H groups in total. The zero-order chi connectivity index (χ0) is 11.8. The van der Waals surface area contributed by atoms with E-state index in [2.05, 4.69) is 15.1 Å². The lowest BCUT2D eigenvalue weighted by atomic mass is 10.2. The summed E-state index contributed by atoms with van der Waals surface area (Å²) in [5, 5.41) is 5.51. The second-order valence-corrected chi connectivity index (χ2v) is 4.01. The lowest BCUT2D eigenvalue weighted by Crippen LogP contribution is -1.91. The fourth-order valence-electron chi connectivity index (χ4n) is 1.98. The largest absolute Gasteiger partial charge is 0.266 e. The van der Waals surface area contributed by atoms with Crippen LogP contribution in [0.15, 0.2) is 36.7 Å². The zero-order valence-electron chi connectivity index (χ0n) is 9.75. The normalized spacial score (nSPS) is 10.9. The van der Waals surface area contributed by atoms with Crippen molar-refractivity contribution in [3.63, 3.8) is 0 Å². The molecule has 0 saturated carbocycles. The van der Waals surface area contributed by atoms with Crippen molar-refractivity contribution < 1.29 is 0 Å². The van der Waals surface area contributed by atoms with Gasteiger partial charge in [-0.05, 0) is 25.1 Å². The number of aryl methyl sites for hydroxylation is 2. The van der Waals surface area contributed by atoms with Gasteiger partial charge in [0, 0.05) is 18.6 Å². The van der Waals surface area contributed by atoms with Crippen LogP contribution >= 0.6 is 0 Å². The lowest BCUT2D eigenvalue weighted by Gasteiger charge is -2.00. The molecule has 3 heterocycles. The summed E-state index contributed by atoms with van der Waals surface area (Å²) in [7, 11) is 1.93. The Morgan fingerprint density at radius 1 is 1.12 bits per heavy atom. The van der Waals surface area contributed by atoms with Crippen LogP contribution in [-0.2, 0) is 7.05 Å². The van der Waals surface area contributed by atoms with Gasteiger partial charge in [-0.2, -0.15) is 5.10 Å². The molecular formula is C13H12N4. The van der Waals surface area contributed by atoms with Gasteiger partial charge in [0.1, 0.15) is 0 Å². The lowest BCUT2D eigenvalue weighted by molar-refractivity contribution is 0.782. The van der Waals surface area contributed by atoms with Crippen molar-refractivity contribution in [1.82, 2.24) is 19.7 Å². The highest BCUT2D eigenvalue weighted by molar-refractivity contribution is 5.84. The van der Waals surface area contributed by atoms with Gasteiger partial charge in [-0.3, -0.25) is 14.6 Å². The number of nitrogens with zero attached hydrogens (tertiary/aromatic N) is 4. The fraction of sp³-hybridized carbons (Fsp3) is 0.154. The van der Waals surface area contributed by atoms with Crippen molar-refractivity contribution >= 4 is 10.9 Å². The number of rotatable bonds is 1. The van der Waals surface area contributed by atoms with E-state index in [0.29, 0.717) is 0 Å². The van der Waals surface area contributed by atoms with Crippen molar-refractivity contribution in [2.24, 2.45) is 7.05 Å². The van der Waals surface area contributed by atoms with Gasteiger partial charge >= 0.3 is 0 Å². The highest BCUT2D eigenvalue weighted by atomic mass is 15.3. The van der Waals surface area contributed by atoms with Gasteiger partial charge in [0.2, 0.25) is 0 Å². The van der Waals surface area contributed by atoms with Crippen molar-refractivity contribution in [1.29, 1.82) is 0 Å². The van der Waals surface area contributed by atoms with E-state index in [0.717, 1.165) is 28.0 Å². The minimum Gasteiger partial charge on any atom is -0.266 e. The van der Waals surface area contributed by atoms with E-state index in [1.54, 1.807) is 6.20 Å². The molecular weight excluding hydrogens is 212 g/mol. The second-order valence-electron chi connectivity index (χ2n) is 4.01. The molecule has 0 aromatic carbocycles. The molecule has 4 nitrogen and oxygen atoms in total. The molecule has 0 fully saturated rings. The Labute approximate surface area is 98.9 Å². The first-order valence-electron chi connectivity index (χ1n) is 5.46. The molecule has 0 amide bonds. The molecule has 0 saturated heterocycles. The summed E-state index contributed by atoms with van der Waals surface area (Å²) >= 11 is 0. The van der Waals surface area contributed by atoms with Gasteiger partial charge < -0.3 is 0 Å². The summed E-state index contributed by atoms with van der Waals surface area (Å²) < 4.78 is 1.85. The highest BCUT2D eigenvalue weighted by Gasteiger charge is 2.07. The molecule has 3 rings (SSSR count). The maximum atomic E-state index is 4.43. The molecule has 3 aromatic rings. The van der Waals surface area contributed by atoms with Gasteiger partial charge in [0.25, 0.3) is 0 Å². The van der Waals surface area contributed by atoms with Crippen LogP contribution in [0.3, 0.4) is 0 Å². The molecule has 0 aliphatic carbocycles. The quantitative estimate of drug-likeness (QED) is 0.637. The molecule has 17 heavy (non-hydrogen) atoms. The van der Waals surface area contributed by atoms with Crippen LogP contribution in [0.5, 0.6) is 0 Å². The van der Waals surface area contributed by atoms with E-state index >= 15 is 0 Å². The molecule has 0 radical (unpaired) electrons. The summed E-state index contributed by atoms with van der Waals surface area (Å²) in [6.45, 7) is 2.00. The van der Waals surface area contributed by atoms with Gasteiger partial charge in [-0.1, -0.05) is 6.07 Å². The number of hydrogen-bond donors (Lipinski definition) is 0. The number of hydrogen-bond acceptors (Lipinski definition) is 3. The standard InChI is InChI=1S/C13H12N4/c1-9-10-7-12(11-5-3-4-6-14-11)15-8-13(10)17(2)16-9/h3-8H,1-2H3. The summed E-state index contributed by atoms with van der Waals surface area (Å²) in [6, 6.07) is 7.86. The van der Waals surface area contributed by atoms with Crippen molar-refractivity contribution in [2.45, 2.75) is 6.92 Å². The van der Waals surface area contributed by atoms with Crippen LogP contribution in [0.4, 0.5) is 0 Å². The maximum absolute atomic E-state index is 4.43. The molecule has 3 aromatic heterocycles. The Balaban J connectivity index is 2.24. The van der Waals surface area contributed by atoms with Gasteiger partial charge in [0.05, 0.1) is 28.8 Å². The predicted molar refractivity (Wildman–Crippen MR) is 66.5 cm³/mol. The zero-order valence-corrected chi connectivity index (χ0v) is 9.75. The average molecular weight is 224 g/mol. The Hall–Kier alpha value is -2.23. The number of fused-ring (bicyclic) bond motifs is 1. The molecule has 0 aliphatic rings. The topological polar surface area (TPSA) is 43.6 Å². The molecule has 84 valence electrons. The molecule has 0 unspecified atom stereocenters. The Bertz CT molecular complexity index is 670. The third-order valence-electron chi connectivity index (χ3n) is 2.85. The fourth-order valence-corrected chi connectivity index (χ4v) is 1.98. The third kappa shape index (κ3) is 1.58. The minimum absolute atomic E-state index is 0.884. The SMILES string of the molecule is Cc1nn(C)c2cnc(-c3ccccn3)cc12. The summed E-state index contributed by atoms with van der Waals surface area (Å²) in [6.07, 6.45) is 3.62. The Morgan fingerprint density at radius 3 is 2.76 bits per heavy atom. The predicted octanol–water partition coefficient (Wildman–Crippen LogP) is 2.34. The summed E-state index contributed by atoms with van der Waals surface area (Å²) in [5.74, 6) is 0. The Morgan fingerprint density at radius 2 is 2.00 bits per heavy atom. The summed E-state index contributed by atoms with van der Waals surface area (Å²) in [4.78, 5) is 8.73. The Kier molecular flexibility index (Phi) is 2.14. The first-order valence-corrected chi connectivity index (χ1v) is 5.46. The highest BCUT2D eigenvalue weighted by Crippen LogP contribution is 2.22. The van der Waals surface area contributed by atoms with Crippen molar-refractivity contribution in [3.8, 4) is 11.4 Å². The van der Waals surface area contributed by atoms with Crippen LogP contribution in [-0.4, -0.2) is 19.7 Å². The monoisotopic (exact) mass is 224 g/mol. The van der Waals surface area contributed by atoms with Gasteiger partial charge in [-0.25, -0.2) is 0 Å². The van der Waals surface area contributed by atoms with Crippen LogP contribution in [0.1, 0.15) is 5.69 Å². The molecule has 0 atom stereocenters. The summed E-state index contributed by atoms with van der Waals surface area (Å²) in [5.41, 5.74) is 3.83. The van der Waals surface area contributed by atoms with Crippen LogP contribution in [0, 0.1) is 6.92 Å². The van der Waals surface area contributed by atoms with E-state index in [-0.39, 0.29) is 0 Å². The molecule has 0 spiro atoms. The molecule has 0 aliphatic heterocycles. The van der Waals surface area contributed by atoms with E-state index in [4.69, 9.17) is 0 Å². The van der Waals surface area contributed by atoms with Crippen LogP contribution < -0.4 is 0 Å². The smallest absolute Gasteiger partial charge is 0.0894 e. The van der Waals surface area contributed by atoms with E-state index in [1.807, 2.05) is 49.1 Å². The van der Waals surface area contributed by atoms with E-state index in [1.165, 1.54) is 0 Å². The first-order chi connectivity index (χ1) is 8.25.